The summed E-state index contributed by atoms with van der Waals surface area (Å²) in [6.45, 7) is 11.1. The summed E-state index contributed by atoms with van der Waals surface area (Å²) >= 11 is 0. The maximum absolute atomic E-state index is 14.1. The van der Waals surface area contributed by atoms with E-state index in [9.17, 15) is 9.18 Å². The summed E-state index contributed by atoms with van der Waals surface area (Å²) in [5.41, 5.74) is 0.807. The fourth-order valence-corrected chi connectivity index (χ4v) is 3.88. The number of carbonyl (C=O) groups excluding carboxylic acids is 1. The molecule has 2 aliphatic rings. The van der Waals surface area contributed by atoms with Crippen LogP contribution in [-0.4, -0.2) is 85.5 Å². The first kappa shape index (κ1) is 25.6. The number of aliphatic imine (C=N–C) groups is 1. The highest BCUT2D eigenvalue weighted by Gasteiger charge is 2.24. The second kappa shape index (κ2) is 13.0. The number of hydrogen-bond acceptors (Lipinski definition) is 4. The maximum atomic E-state index is 14.1. The number of carbonyl (C=O) groups is 1. The first-order valence-corrected chi connectivity index (χ1v) is 11.0. The molecule has 0 radical (unpaired) electrons. The van der Waals surface area contributed by atoms with E-state index in [1.807, 2.05) is 24.8 Å². The second-order valence-corrected chi connectivity index (χ2v) is 7.72. The highest BCUT2D eigenvalue weighted by atomic mass is 127. The van der Waals surface area contributed by atoms with E-state index in [0.29, 0.717) is 19.7 Å². The monoisotopic (exact) mass is 547 g/mol. The van der Waals surface area contributed by atoms with Crippen molar-refractivity contribution < 1.29 is 13.9 Å². The van der Waals surface area contributed by atoms with Crippen molar-refractivity contribution in [3.05, 3.63) is 29.6 Å². The van der Waals surface area contributed by atoms with Crippen LogP contribution in [0.5, 0.6) is 5.75 Å². The number of amides is 1. The van der Waals surface area contributed by atoms with Crippen molar-refractivity contribution in [3.8, 4) is 5.75 Å². The first-order chi connectivity index (χ1) is 14.6. The zero-order valence-corrected chi connectivity index (χ0v) is 20.9. The predicted molar refractivity (Wildman–Crippen MR) is 132 cm³/mol. The molecule has 0 aromatic heterocycles. The van der Waals surface area contributed by atoms with Gasteiger partial charge in [0.05, 0.1) is 19.7 Å². The molecule has 31 heavy (non-hydrogen) atoms. The van der Waals surface area contributed by atoms with Gasteiger partial charge in [0, 0.05) is 45.8 Å². The Bertz CT molecular complexity index is 735. The molecular weight excluding hydrogens is 512 g/mol. The molecule has 0 unspecified atom stereocenters. The Morgan fingerprint density at radius 2 is 1.81 bits per heavy atom. The Kier molecular flexibility index (Phi) is 10.8. The summed E-state index contributed by atoms with van der Waals surface area (Å²) in [6, 6.07) is 5.00. The number of rotatable bonds is 7. The van der Waals surface area contributed by atoms with Crippen LogP contribution in [0.15, 0.2) is 23.2 Å². The van der Waals surface area contributed by atoms with Gasteiger partial charge in [-0.2, -0.15) is 0 Å². The molecule has 2 saturated heterocycles. The van der Waals surface area contributed by atoms with Gasteiger partial charge in [0.2, 0.25) is 5.91 Å². The van der Waals surface area contributed by atoms with Crippen molar-refractivity contribution in [1.82, 2.24) is 20.0 Å². The van der Waals surface area contributed by atoms with Crippen LogP contribution in [0.4, 0.5) is 4.39 Å². The van der Waals surface area contributed by atoms with Gasteiger partial charge >= 0.3 is 0 Å². The highest BCUT2D eigenvalue weighted by Crippen LogP contribution is 2.19. The lowest BCUT2D eigenvalue weighted by Crippen LogP contribution is -2.54. The molecule has 2 fully saturated rings. The Morgan fingerprint density at radius 3 is 2.42 bits per heavy atom. The standard InChI is InChI=1S/C22H34FN5O2.HI/c1-3-24-22(25-16-18-7-8-20(30-4-2)19(23)15-18)28-13-11-26(12-14-28)17-21(29)27-9-5-6-10-27;/h7-8,15H,3-6,9-14,16-17H2,1-2H3,(H,24,25);1H. The molecule has 0 spiro atoms. The van der Waals surface area contributed by atoms with Crippen molar-refractivity contribution in [3.63, 3.8) is 0 Å². The van der Waals surface area contributed by atoms with Gasteiger partial charge in [-0.15, -0.1) is 24.0 Å². The van der Waals surface area contributed by atoms with E-state index in [4.69, 9.17) is 9.73 Å². The van der Waals surface area contributed by atoms with Crippen LogP contribution < -0.4 is 10.1 Å². The second-order valence-electron chi connectivity index (χ2n) is 7.72. The molecule has 1 amide bonds. The molecule has 0 saturated carbocycles. The van der Waals surface area contributed by atoms with Gasteiger partial charge in [-0.3, -0.25) is 9.69 Å². The minimum Gasteiger partial charge on any atom is -0.491 e. The molecule has 1 aromatic rings. The fourth-order valence-electron chi connectivity index (χ4n) is 3.88. The van der Waals surface area contributed by atoms with Crippen LogP contribution in [0, 0.1) is 5.82 Å². The molecule has 1 aromatic carbocycles. The van der Waals surface area contributed by atoms with E-state index in [1.54, 1.807) is 6.07 Å². The number of halogens is 2. The normalized spacial score (nSPS) is 17.5. The quantitative estimate of drug-likeness (QED) is 0.323. The number of hydrogen-bond donors (Lipinski definition) is 1. The molecule has 174 valence electrons. The number of likely N-dealkylation sites (tertiary alicyclic amines) is 1. The van der Waals surface area contributed by atoms with Crippen LogP contribution in [-0.2, 0) is 11.3 Å². The molecule has 0 aliphatic carbocycles. The van der Waals surface area contributed by atoms with Gasteiger partial charge in [-0.25, -0.2) is 9.38 Å². The number of ether oxygens (including phenoxy) is 1. The molecule has 3 rings (SSSR count). The Hall–Kier alpha value is -1.62. The number of nitrogens with zero attached hydrogens (tertiary/aromatic N) is 4. The zero-order chi connectivity index (χ0) is 21.3. The summed E-state index contributed by atoms with van der Waals surface area (Å²) in [5.74, 6) is 0.999. The Labute approximate surface area is 202 Å². The average molecular weight is 547 g/mol. The molecular formula is C22H35FIN5O2. The van der Waals surface area contributed by atoms with Gasteiger partial charge in [0.25, 0.3) is 0 Å². The first-order valence-electron chi connectivity index (χ1n) is 11.0. The number of benzene rings is 1. The molecule has 2 aliphatic heterocycles. The average Bonchev–Trinajstić information content (AvgIpc) is 3.29. The number of guanidine groups is 1. The van der Waals surface area contributed by atoms with Crippen molar-refractivity contribution in [2.24, 2.45) is 4.99 Å². The third-order valence-electron chi connectivity index (χ3n) is 5.53. The highest BCUT2D eigenvalue weighted by molar-refractivity contribution is 14.0. The minimum absolute atomic E-state index is 0. The molecule has 0 bridgehead atoms. The van der Waals surface area contributed by atoms with Gasteiger partial charge < -0.3 is 19.9 Å². The Morgan fingerprint density at radius 1 is 1.10 bits per heavy atom. The number of nitrogens with one attached hydrogen (secondary N) is 1. The smallest absolute Gasteiger partial charge is 0.236 e. The maximum Gasteiger partial charge on any atom is 0.236 e. The topological polar surface area (TPSA) is 60.4 Å². The molecule has 0 atom stereocenters. The summed E-state index contributed by atoms with van der Waals surface area (Å²) < 4.78 is 19.3. The van der Waals surface area contributed by atoms with E-state index in [1.165, 1.54) is 6.07 Å². The molecule has 1 N–H and O–H groups in total. The van der Waals surface area contributed by atoms with Crippen molar-refractivity contribution in [1.29, 1.82) is 0 Å². The van der Waals surface area contributed by atoms with E-state index in [0.717, 1.165) is 70.2 Å². The van der Waals surface area contributed by atoms with Crippen LogP contribution >= 0.6 is 24.0 Å². The van der Waals surface area contributed by atoms with E-state index in [2.05, 4.69) is 15.1 Å². The van der Waals surface area contributed by atoms with Gasteiger partial charge in [-0.1, -0.05) is 6.07 Å². The van der Waals surface area contributed by atoms with Crippen molar-refractivity contribution in [2.75, 3.05) is 59.0 Å². The predicted octanol–water partition coefficient (Wildman–Crippen LogP) is 2.55. The largest absolute Gasteiger partial charge is 0.491 e. The van der Waals surface area contributed by atoms with E-state index < -0.39 is 0 Å². The van der Waals surface area contributed by atoms with Gasteiger partial charge in [0.1, 0.15) is 0 Å². The third kappa shape index (κ3) is 7.48. The minimum atomic E-state index is -0.356. The summed E-state index contributed by atoms with van der Waals surface area (Å²) in [6.07, 6.45) is 2.25. The lowest BCUT2D eigenvalue weighted by molar-refractivity contribution is -0.131. The fraction of sp³-hybridized carbons (Fsp3) is 0.636. The zero-order valence-electron chi connectivity index (χ0n) is 18.6. The summed E-state index contributed by atoms with van der Waals surface area (Å²) in [4.78, 5) is 23.5. The van der Waals surface area contributed by atoms with E-state index >= 15 is 0 Å². The summed E-state index contributed by atoms with van der Waals surface area (Å²) in [5, 5.41) is 3.33. The molecule has 2 heterocycles. The molecule has 9 heteroatoms. The van der Waals surface area contributed by atoms with Crippen LogP contribution in [0.1, 0.15) is 32.3 Å². The van der Waals surface area contributed by atoms with Crippen LogP contribution in [0.2, 0.25) is 0 Å². The van der Waals surface area contributed by atoms with E-state index in [-0.39, 0.29) is 41.5 Å². The van der Waals surface area contributed by atoms with Crippen LogP contribution in [0.25, 0.3) is 0 Å². The Balaban J connectivity index is 0.00000341. The van der Waals surface area contributed by atoms with Gasteiger partial charge in [-0.05, 0) is 44.4 Å². The lowest BCUT2D eigenvalue weighted by Gasteiger charge is -2.36. The molecule has 7 nitrogen and oxygen atoms in total. The SMILES string of the molecule is CCNC(=NCc1ccc(OCC)c(F)c1)N1CCN(CC(=O)N2CCCC2)CC1.I. The van der Waals surface area contributed by atoms with Crippen molar-refractivity contribution >= 4 is 35.8 Å². The summed E-state index contributed by atoms with van der Waals surface area (Å²) in [7, 11) is 0. The van der Waals surface area contributed by atoms with Gasteiger partial charge in [0.15, 0.2) is 17.5 Å². The van der Waals surface area contributed by atoms with Crippen LogP contribution in [0.3, 0.4) is 0 Å². The van der Waals surface area contributed by atoms with Crippen molar-refractivity contribution in [2.45, 2.75) is 33.2 Å². The third-order valence-corrected chi connectivity index (χ3v) is 5.53. The number of piperazine rings is 1. The lowest BCUT2D eigenvalue weighted by atomic mass is 10.2.